The summed E-state index contributed by atoms with van der Waals surface area (Å²) >= 11 is 0. The van der Waals surface area contributed by atoms with Gasteiger partial charge in [-0.1, -0.05) is 6.92 Å². The maximum absolute atomic E-state index is 9.03. The molecule has 0 unspecified atom stereocenters. The summed E-state index contributed by atoms with van der Waals surface area (Å²) in [7, 11) is 0. The fourth-order valence-corrected chi connectivity index (χ4v) is 3.64. The number of aromatic nitrogens is 1. The zero-order valence-electron chi connectivity index (χ0n) is 18.6. The number of quaternary nitrogens is 1. The molecule has 7 nitrogen and oxygen atoms in total. The van der Waals surface area contributed by atoms with E-state index in [4.69, 9.17) is 24.2 Å². The number of aliphatic hydroxyl groups is 1. The van der Waals surface area contributed by atoms with Crippen molar-refractivity contribution >= 4 is 27.6 Å². The molecule has 0 spiro atoms. The van der Waals surface area contributed by atoms with Gasteiger partial charge in [0.05, 0.1) is 18.5 Å². The minimum atomic E-state index is 0.106. The van der Waals surface area contributed by atoms with Crippen LogP contribution in [0.25, 0.3) is 33.3 Å². The number of hydrogen-bond donors (Lipinski definition) is 3. The maximum Gasteiger partial charge on any atom is 0.155 e. The van der Waals surface area contributed by atoms with E-state index in [9.17, 15) is 0 Å². The van der Waals surface area contributed by atoms with Gasteiger partial charge in [0, 0.05) is 61.1 Å². The fraction of sp³-hybridized carbons (Fsp3) is 0.360. The van der Waals surface area contributed by atoms with Gasteiger partial charge in [-0.3, -0.25) is 4.99 Å². The largest absolute Gasteiger partial charge is 0.493 e. The van der Waals surface area contributed by atoms with E-state index in [0.717, 1.165) is 76.8 Å². The Hall–Kier alpha value is -3.16. The van der Waals surface area contributed by atoms with Gasteiger partial charge in [0.1, 0.15) is 17.0 Å². The average Bonchev–Trinajstić information content (AvgIpc) is 2.81. The van der Waals surface area contributed by atoms with Crippen LogP contribution in [0.1, 0.15) is 26.2 Å². The lowest BCUT2D eigenvalue weighted by molar-refractivity contribution is -0.367. The van der Waals surface area contributed by atoms with Gasteiger partial charge in [0.2, 0.25) is 0 Å². The molecule has 4 rings (SSSR count). The first-order valence-corrected chi connectivity index (χ1v) is 11.3. The van der Waals surface area contributed by atoms with Crippen LogP contribution in [-0.2, 0) is 0 Å². The molecular weight excluding hydrogens is 404 g/mol. The lowest BCUT2D eigenvalue weighted by atomic mass is 10.0. The highest BCUT2D eigenvalue weighted by Gasteiger charge is 2.16. The van der Waals surface area contributed by atoms with Crippen molar-refractivity contribution in [1.29, 1.82) is 0 Å². The van der Waals surface area contributed by atoms with E-state index in [1.54, 1.807) is 0 Å². The topological polar surface area (TPSA) is 108 Å². The van der Waals surface area contributed by atoms with Gasteiger partial charge in [-0.25, -0.2) is 4.98 Å². The SMILES string of the molecule is CCCN=c1cc2oc3cc(NCCC[NH3+])ccc3nc-2c2cc(OCCCO)ccc12. The Kier molecular flexibility index (Phi) is 7.19. The minimum absolute atomic E-state index is 0.106. The zero-order chi connectivity index (χ0) is 22.3. The molecule has 0 fully saturated rings. The Morgan fingerprint density at radius 1 is 1.12 bits per heavy atom. The molecule has 0 aromatic heterocycles. The van der Waals surface area contributed by atoms with Crippen molar-refractivity contribution in [2.45, 2.75) is 26.2 Å². The van der Waals surface area contributed by atoms with E-state index in [2.05, 4.69) is 18.0 Å². The van der Waals surface area contributed by atoms with E-state index >= 15 is 0 Å². The van der Waals surface area contributed by atoms with Crippen molar-refractivity contribution in [3.05, 3.63) is 47.8 Å². The summed E-state index contributed by atoms with van der Waals surface area (Å²) in [5, 5.41) is 15.3. The molecule has 0 atom stereocenters. The van der Waals surface area contributed by atoms with Gasteiger partial charge in [-0.2, -0.15) is 0 Å². The van der Waals surface area contributed by atoms with Gasteiger partial charge in [0.25, 0.3) is 0 Å². The molecule has 0 bridgehead atoms. The molecule has 2 aromatic carbocycles. The van der Waals surface area contributed by atoms with E-state index in [-0.39, 0.29) is 6.61 Å². The number of fused-ring (bicyclic) bond motifs is 4. The highest BCUT2D eigenvalue weighted by Crippen LogP contribution is 2.33. The van der Waals surface area contributed by atoms with Gasteiger partial charge in [-0.15, -0.1) is 0 Å². The number of anilines is 1. The standard InChI is InChI=1S/C25H30N4O3/c1-2-10-28-22-16-24-25(20-15-18(6-7-19(20)22)31-13-4-12-30)29-21-8-5-17(14-23(21)32-24)27-11-3-9-26/h5-8,14-16,27,30H,2-4,9-13,26H2,1H3/p+1. The molecule has 0 amide bonds. The molecule has 1 heterocycles. The monoisotopic (exact) mass is 435 g/mol. The van der Waals surface area contributed by atoms with Gasteiger partial charge < -0.3 is 25.3 Å². The summed E-state index contributed by atoms with van der Waals surface area (Å²) in [5.74, 6) is 1.44. The minimum Gasteiger partial charge on any atom is -0.493 e. The third-order valence-corrected chi connectivity index (χ3v) is 5.27. The average molecular weight is 436 g/mol. The van der Waals surface area contributed by atoms with Crippen LogP contribution in [0.3, 0.4) is 0 Å². The molecule has 168 valence electrons. The second-order valence-corrected chi connectivity index (χ2v) is 7.79. The first-order valence-electron chi connectivity index (χ1n) is 11.3. The Bertz CT molecular complexity index is 1240. The summed E-state index contributed by atoms with van der Waals surface area (Å²) in [5.41, 5.74) is 7.20. The van der Waals surface area contributed by atoms with Crippen LogP contribution in [0.5, 0.6) is 5.75 Å². The Balaban J connectivity index is 1.85. The molecule has 1 aliphatic carbocycles. The molecule has 0 saturated heterocycles. The molecule has 2 aromatic rings. The summed E-state index contributed by atoms with van der Waals surface area (Å²) in [6.45, 7) is 5.21. The fourth-order valence-electron chi connectivity index (χ4n) is 3.64. The number of rotatable bonds is 10. The predicted molar refractivity (Wildman–Crippen MR) is 127 cm³/mol. The van der Waals surface area contributed by atoms with Crippen molar-refractivity contribution in [3.8, 4) is 17.2 Å². The van der Waals surface area contributed by atoms with Gasteiger partial charge in [-0.05, 0) is 36.8 Å². The summed E-state index contributed by atoms with van der Waals surface area (Å²) in [6.07, 6.45) is 2.58. The number of nitrogens with one attached hydrogen (secondary N) is 1. The Morgan fingerprint density at radius 3 is 2.84 bits per heavy atom. The second kappa shape index (κ2) is 10.4. The van der Waals surface area contributed by atoms with Crippen LogP contribution in [0, 0.1) is 0 Å². The van der Waals surface area contributed by atoms with Crippen LogP contribution in [-0.4, -0.2) is 42.9 Å². The van der Waals surface area contributed by atoms with Crippen LogP contribution in [0.15, 0.2) is 51.9 Å². The van der Waals surface area contributed by atoms with Crippen LogP contribution in [0.4, 0.5) is 5.69 Å². The summed E-state index contributed by atoms with van der Waals surface area (Å²) in [4.78, 5) is 9.71. The van der Waals surface area contributed by atoms with E-state index in [0.29, 0.717) is 18.8 Å². The van der Waals surface area contributed by atoms with Crippen LogP contribution < -0.4 is 21.1 Å². The third kappa shape index (κ3) is 4.84. The van der Waals surface area contributed by atoms with E-state index in [1.807, 2.05) is 42.5 Å². The van der Waals surface area contributed by atoms with E-state index in [1.165, 1.54) is 0 Å². The quantitative estimate of drug-likeness (QED) is 0.201. The van der Waals surface area contributed by atoms with Crippen molar-refractivity contribution in [1.82, 2.24) is 4.98 Å². The molecular formula is C25H31N4O3+. The number of nitrogens with zero attached hydrogens (tertiary/aromatic N) is 2. The molecule has 32 heavy (non-hydrogen) atoms. The predicted octanol–water partition coefficient (Wildman–Crippen LogP) is 3.20. The number of benzene rings is 3. The smallest absolute Gasteiger partial charge is 0.155 e. The van der Waals surface area contributed by atoms with Gasteiger partial charge >= 0.3 is 0 Å². The van der Waals surface area contributed by atoms with Crippen molar-refractivity contribution in [2.75, 3.05) is 38.2 Å². The van der Waals surface area contributed by atoms with Crippen molar-refractivity contribution in [2.24, 2.45) is 4.99 Å². The van der Waals surface area contributed by atoms with Crippen molar-refractivity contribution < 1.29 is 20.0 Å². The molecule has 5 N–H and O–H groups in total. The van der Waals surface area contributed by atoms with Crippen molar-refractivity contribution in [3.63, 3.8) is 0 Å². The number of aliphatic hydroxyl groups excluding tert-OH is 1. The van der Waals surface area contributed by atoms with E-state index < -0.39 is 0 Å². The zero-order valence-corrected chi connectivity index (χ0v) is 18.6. The Labute approximate surface area is 187 Å². The first kappa shape index (κ1) is 22.0. The second-order valence-electron chi connectivity index (χ2n) is 7.79. The molecule has 1 aliphatic heterocycles. The highest BCUT2D eigenvalue weighted by molar-refractivity contribution is 5.97. The number of hydrogen-bond acceptors (Lipinski definition) is 6. The maximum atomic E-state index is 9.03. The van der Waals surface area contributed by atoms with Crippen LogP contribution >= 0.6 is 0 Å². The molecule has 0 radical (unpaired) electrons. The molecule has 0 saturated carbocycles. The first-order chi connectivity index (χ1) is 15.7. The Morgan fingerprint density at radius 2 is 2.03 bits per heavy atom. The lowest BCUT2D eigenvalue weighted by Crippen LogP contribution is -2.50. The van der Waals surface area contributed by atoms with Crippen LogP contribution in [0.2, 0.25) is 0 Å². The normalized spacial score (nSPS) is 12.2. The van der Waals surface area contributed by atoms with Gasteiger partial charge in [0.15, 0.2) is 11.3 Å². The summed E-state index contributed by atoms with van der Waals surface area (Å²) < 4.78 is 12.1. The highest BCUT2D eigenvalue weighted by atomic mass is 16.5. The lowest BCUT2D eigenvalue weighted by Gasteiger charge is -2.13. The number of ether oxygens (including phenoxy) is 1. The third-order valence-electron chi connectivity index (χ3n) is 5.27. The summed E-state index contributed by atoms with van der Waals surface area (Å²) in [6, 6.07) is 13.9. The molecule has 7 heteroatoms. The molecule has 2 aliphatic rings.